The van der Waals surface area contributed by atoms with Crippen molar-refractivity contribution in [2.75, 3.05) is 11.9 Å². The third kappa shape index (κ3) is 5.77. The lowest BCUT2D eigenvalue weighted by Crippen LogP contribution is -2.59. The Kier molecular flexibility index (Phi) is 6.92. The van der Waals surface area contributed by atoms with Gasteiger partial charge >= 0.3 is 6.09 Å². The van der Waals surface area contributed by atoms with Gasteiger partial charge in [-0.2, -0.15) is 0 Å². The molecule has 0 aliphatic carbocycles. The Hall–Kier alpha value is -2.57. The second-order valence-electron chi connectivity index (χ2n) is 9.86. The number of likely N-dealkylation sites (tertiary alicyclic amines) is 1. The largest absolute Gasteiger partial charge is 0.444 e. The number of benzene rings is 1. The molecule has 1 fully saturated rings. The first-order chi connectivity index (χ1) is 14.5. The Bertz CT molecular complexity index is 832. The molecule has 2 aliphatic heterocycles. The summed E-state index contributed by atoms with van der Waals surface area (Å²) in [4.78, 5) is 39.4. The number of nitrogens with zero attached hydrogens (tertiary/aromatic N) is 1. The van der Waals surface area contributed by atoms with Crippen LogP contribution in [-0.4, -0.2) is 47.0 Å². The number of carbonyl (C=O) groups excluding carboxylic acids is 3. The molecule has 7 nitrogen and oxygen atoms in total. The molecule has 2 heterocycles. The maximum absolute atomic E-state index is 12.7. The molecule has 31 heavy (non-hydrogen) atoms. The van der Waals surface area contributed by atoms with Crippen LogP contribution in [0.25, 0.3) is 0 Å². The van der Waals surface area contributed by atoms with Crippen molar-refractivity contribution in [3.8, 4) is 0 Å². The Labute approximate surface area is 184 Å². The summed E-state index contributed by atoms with van der Waals surface area (Å²) >= 11 is 0. The minimum absolute atomic E-state index is 0.0259. The first kappa shape index (κ1) is 23.1. The number of nitrogens with one attached hydrogen (secondary N) is 2. The summed E-state index contributed by atoms with van der Waals surface area (Å²) in [5.41, 5.74) is 1.41. The van der Waals surface area contributed by atoms with Gasteiger partial charge in [-0.25, -0.2) is 4.79 Å². The van der Waals surface area contributed by atoms with Crippen molar-refractivity contribution in [3.05, 3.63) is 29.8 Å². The molecular weight excluding hydrogens is 394 g/mol. The van der Waals surface area contributed by atoms with Crippen LogP contribution in [0.5, 0.6) is 0 Å². The highest BCUT2D eigenvalue weighted by molar-refractivity contribution is 5.96. The maximum atomic E-state index is 12.7. The van der Waals surface area contributed by atoms with Crippen molar-refractivity contribution in [1.29, 1.82) is 0 Å². The van der Waals surface area contributed by atoms with Crippen LogP contribution < -0.4 is 10.6 Å². The third-order valence-corrected chi connectivity index (χ3v) is 6.24. The van der Waals surface area contributed by atoms with Crippen molar-refractivity contribution < 1.29 is 19.1 Å². The number of piperidine rings is 1. The number of para-hydroxylation sites is 1. The molecule has 3 amide bonds. The zero-order valence-corrected chi connectivity index (χ0v) is 19.2. The standard InChI is InChI=1S/C24H35N3O4/c1-15-12-13-27(23(30)31-24(3,4)5)16(2)21(15)26-20(28)11-10-18-14-17-8-6-7-9-19(17)25-22(18)29/h6-9,15-16,18,21H,10-14H2,1-5H3,(H,25,29)(H,26,28). The van der Waals surface area contributed by atoms with Gasteiger partial charge in [0.15, 0.2) is 0 Å². The van der Waals surface area contributed by atoms with E-state index in [0.717, 1.165) is 17.7 Å². The van der Waals surface area contributed by atoms with E-state index in [1.165, 1.54) is 0 Å². The highest BCUT2D eigenvalue weighted by atomic mass is 16.6. The summed E-state index contributed by atoms with van der Waals surface area (Å²) in [5.74, 6) is -0.0639. The predicted molar refractivity (Wildman–Crippen MR) is 120 cm³/mol. The van der Waals surface area contributed by atoms with E-state index < -0.39 is 5.60 Å². The molecule has 0 spiro atoms. The van der Waals surface area contributed by atoms with Crippen molar-refractivity contribution in [2.45, 2.75) is 78.0 Å². The van der Waals surface area contributed by atoms with Crippen LogP contribution in [0, 0.1) is 11.8 Å². The Morgan fingerprint density at radius 3 is 2.65 bits per heavy atom. The summed E-state index contributed by atoms with van der Waals surface area (Å²) in [6, 6.07) is 7.47. The highest BCUT2D eigenvalue weighted by Crippen LogP contribution is 2.28. The molecule has 2 aliphatic rings. The number of fused-ring (bicyclic) bond motifs is 1. The third-order valence-electron chi connectivity index (χ3n) is 6.24. The zero-order valence-electron chi connectivity index (χ0n) is 19.2. The van der Waals surface area contributed by atoms with E-state index in [1.54, 1.807) is 4.90 Å². The molecule has 2 N–H and O–H groups in total. The lowest BCUT2D eigenvalue weighted by atomic mass is 9.87. The maximum Gasteiger partial charge on any atom is 0.410 e. The fourth-order valence-corrected chi connectivity index (χ4v) is 4.45. The summed E-state index contributed by atoms with van der Waals surface area (Å²) < 4.78 is 5.53. The van der Waals surface area contributed by atoms with Crippen LogP contribution in [0.4, 0.5) is 10.5 Å². The number of anilines is 1. The van der Waals surface area contributed by atoms with Crippen LogP contribution in [-0.2, 0) is 20.7 Å². The number of rotatable bonds is 4. The zero-order chi connectivity index (χ0) is 22.8. The normalized spacial score (nSPS) is 26.0. The summed E-state index contributed by atoms with van der Waals surface area (Å²) in [7, 11) is 0. The smallest absolute Gasteiger partial charge is 0.410 e. The predicted octanol–water partition coefficient (Wildman–Crippen LogP) is 3.73. The average molecular weight is 430 g/mol. The van der Waals surface area contributed by atoms with Crippen molar-refractivity contribution >= 4 is 23.6 Å². The topological polar surface area (TPSA) is 87.7 Å². The lowest BCUT2D eigenvalue weighted by Gasteiger charge is -2.43. The van der Waals surface area contributed by atoms with Crippen LogP contribution in [0.3, 0.4) is 0 Å². The average Bonchev–Trinajstić information content (AvgIpc) is 2.68. The van der Waals surface area contributed by atoms with Crippen molar-refractivity contribution in [3.63, 3.8) is 0 Å². The Morgan fingerprint density at radius 2 is 1.94 bits per heavy atom. The second kappa shape index (κ2) is 9.28. The van der Waals surface area contributed by atoms with Gasteiger partial charge in [-0.15, -0.1) is 0 Å². The summed E-state index contributed by atoms with van der Waals surface area (Å²) in [6.07, 6.45) is 1.89. The van der Waals surface area contributed by atoms with E-state index in [4.69, 9.17) is 4.74 Å². The van der Waals surface area contributed by atoms with Crippen LogP contribution in [0.2, 0.25) is 0 Å². The molecule has 4 unspecified atom stereocenters. The van der Waals surface area contributed by atoms with Crippen LogP contribution in [0.1, 0.15) is 59.4 Å². The molecule has 0 radical (unpaired) electrons. The summed E-state index contributed by atoms with van der Waals surface area (Å²) in [6.45, 7) is 10.2. The van der Waals surface area contributed by atoms with E-state index in [1.807, 2.05) is 52.0 Å². The first-order valence-corrected chi connectivity index (χ1v) is 11.2. The van der Waals surface area contributed by atoms with E-state index >= 15 is 0 Å². The van der Waals surface area contributed by atoms with Crippen molar-refractivity contribution in [2.24, 2.45) is 11.8 Å². The molecule has 4 atom stereocenters. The van der Waals surface area contributed by atoms with Gasteiger partial charge in [0.25, 0.3) is 0 Å². The van der Waals surface area contributed by atoms with E-state index in [2.05, 4.69) is 17.6 Å². The number of amides is 3. The van der Waals surface area contributed by atoms with Gasteiger partial charge in [-0.1, -0.05) is 25.1 Å². The quantitative estimate of drug-likeness (QED) is 0.763. The molecule has 7 heteroatoms. The molecule has 170 valence electrons. The van der Waals surface area contributed by atoms with Gasteiger partial charge < -0.3 is 20.3 Å². The molecule has 1 aromatic rings. The van der Waals surface area contributed by atoms with Gasteiger partial charge in [0, 0.05) is 24.6 Å². The number of ether oxygens (including phenoxy) is 1. The van der Waals surface area contributed by atoms with E-state index in [0.29, 0.717) is 19.4 Å². The molecule has 1 saturated heterocycles. The fraction of sp³-hybridized carbons (Fsp3) is 0.625. The van der Waals surface area contributed by atoms with Gasteiger partial charge in [0.2, 0.25) is 11.8 Å². The van der Waals surface area contributed by atoms with E-state index in [-0.39, 0.29) is 48.2 Å². The minimum Gasteiger partial charge on any atom is -0.444 e. The second-order valence-corrected chi connectivity index (χ2v) is 9.86. The number of hydrogen-bond donors (Lipinski definition) is 2. The summed E-state index contributed by atoms with van der Waals surface area (Å²) in [5, 5.41) is 6.06. The van der Waals surface area contributed by atoms with E-state index in [9.17, 15) is 14.4 Å². The van der Waals surface area contributed by atoms with Gasteiger partial charge in [0.05, 0.1) is 12.1 Å². The highest BCUT2D eigenvalue weighted by Gasteiger charge is 2.38. The molecule has 3 rings (SSSR count). The SMILES string of the molecule is CC1CCN(C(=O)OC(C)(C)C)C(C)C1NC(=O)CCC1Cc2ccccc2NC1=O. The molecule has 0 bridgehead atoms. The minimum atomic E-state index is -0.558. The van der Waals surface area contributed by atoms with Gasteiger partial charge in [-0.05, 0) is 64.5 Å². The lowest BCUT2D eigenvalue weighted by molar-refractivity contribution is -0.124. The molecule has 1 aromatic carbocycles. The monoisotopic (exact) mass is 429 g/mol. The number of hydrogen-bond acceptors (Lipinski definition) is 4. The van der Waals surface area contributed by atoms with Gasteiger partial charge in [-0.3, -0.25) is 9.59 Å². The number of carbonyl (C=O) groups is 3. The molecular formula is C24H35N3O4. The fourth-order valence-electron chi connectivity index (χ4n) is 4.45. The van der Waals surface area contributed by atoms with Crippen LogP contribution in [0.15, 0.2) is 24.3 Å². The Morgan fingerprint density at radius 1 is 1.23 bits per heavy atom. The van der Waals surface area contributed by atoms with Crippen molar-refractivity contribution in [1.82, 2.24) is 10.2 Å². The first-order valence-electron chi connectivity index (χ1n) is 11.2. The van der Waals surface area contributed by atoms with Crippen LogP contribution >= 0.6 is 0 Å². The molecule has 0 aromatic heterocycles. The molecule has 0 saturated carbocycles. The Balaban J connectivity index is 1.55. The van der Waals surface area contributed by atoms with Gasteiger partial charge in [0.1, 0.15) is 5.60 Å².